The number of para-hydroxylation sites is 1. The molecule has 1 heterocycles. The van der Waals surface area contributed by atoms with Gasteiger partial charge in [-0.25, -0.2) is 4.39 Å². The van der Waals surface area contributed by atoms with Crippen LogP contribution in [0.4, 0.5) is 4.39 Å². The average molecular weight is 230 g/mol. The highest BCUT2D eigenvalue weighted by Crippen LogP contribution is 2.27. The highest BCUT2D eigenvalue weighted by atomic mass is 35.5. The summed E-state index contributed by atoms with van der Waals surface area (Å²) in [6, 6.07) is 4.87. The zero-order valence-electron chi connectivity index (χ0n) is 8.30. The molecular weight excluding hydrogens is 217 g/mol. The standard InChI is InChI=1S/C11H13ClFNO/c12-9-4-1-5-10(13)11(9)15-7-8-3-2-6-14-8/h1,4-5,8,14H,2-3,6-7H2/t8-/m1/s1. The Morgan fingerprint density at radius 1 is 1.53 bits per heavy atom. The van der Waals surface area contributed by atoms with Crippen LogP contribution in [0.2, 0.25) is 5.02 Å². The second kappa shape index (κ2) is 4.81. The van der Waals surface area contributed by atoms with Crippen molar-refractivity contribution in [2.45, 2.75) is 18.9 Å². The lowest BCUT2D eigenvalue weighted by atomic mass is 10.2. The van der Waals surface area contributed by atoms with Crippen molar-refractivity contribution in [2.75, 3.05) is 13.2 Å². The van der Waals surface area contributed by atoms with E-state index in [1.807, 2.05) is 0 Å². The fourth-order valence-corrected chi connectivity index (χ4v) is 1.92. The molecule has 0 bridgehead atoms. The van der Waals surface area contributed by atoms with E-state index in [-0.39, 0.29) is 5.75 Å². The largest absolute Gasteiger partial charge is 0.487 e. The van der Waals surface area contributed by atoms with Gasteiger partial charge in [-0.05, 0) is 31.5 Å². The molecule has 1 aliphatic rings. The molecule has 1 atom stereocenters. The third-order valence-corrected chi connectivity index (χ3v) is 2.81. The van der Waals surface area contributed by atoms with Crippen molar-refractivity contribution in [1.82, 2.24) is 5.32 Å². The van der Waals surface area contributed by atoms with Gasteiger partial charge in [0.1, 0.15) is 6.61 Å². The maximum absolute atomic E-state index is 13.3. The van der Waals surface area contributed by atoms with E-state index in [1.165, 1.54) is 6.07 Å². The molecule has 0 radical (unpaired) electrons. The molecule has 0 aliphatic carbocycles. The zero-order valence-corrected chi connectivity index (χ0v) is 9.06. The summed E-state index contributed by atoms with van der Waals surface area (Å²) in [7, 11) is 0. The summed E-state index contributed by atoms with van der Waals surface area (Å²) in [4.78, 5) is 0. The van der Waals surface area contributed by atoms with Crippen LogP contribution < -0.4 is 10.1 Å². The molecule has 82 valence electrons. The first-order valence-electron chi connectivity index (χ1n) is 5.07. The first-order valence-corrected chi connectivity index (χ1v) is 5.45. The number of halogens is 2. The van der Waals surface area contributed by atoms with Crippen LogP contribution in [0.15, 0.2) is 18.2 Å². The topological polar surface area (TPSA) is 21.3 Å². The third kappa shape index (κ3) is 2.61. The quantitative estimate of drug-likeness (QED) is 0.861. The molecule has 1 N–H and O–H groups in total. The van der Waals surface area contributed by atoms with Crippen molar-refractivity contribution in [3.8, 4) is 5.75 Å². The van der Waals surface area contributed by atoms with E-state index in [1.54, 1.807) is 12.1 Å². The first kappa shape index (κ1) is 10.7. The minimum atomic E-state index is -0.402. The lowest BCUT2D eigenvalue weighted by Crippen LogP contribution is -2.28. The number of ether oxygens (including phenoxy) is 1. The van der Waals surface area contributed by atoms with Crippen molar-refractivity contribution in [3.63, 3.8) is 0 Å². The molecule has 0 aromatic heterocycles. The molecule has 4 heteroatoms. The van der Waals surface area contributed by atoms with Gasteiger partial charge in [0, 0.05) is 6.04 Å². The molecule has 1 fully saturated rings. The van der Waals surface area contributed by atoms with E-state index in [0.29, 0.717) is 17.7 Å². The number of hydrogen-bond donors (Lipinski definition) is 1. The molecule has 2 rings (SSSR count). The summed E-state index contributed by atoms with van der Waals surface area (Å²) < 4.78 is 18.7. The van der Waals surface area contributed by atoms with Gasteiger partial charge in [-0.1, -0.05) is 17.7 Å². The highest BCUT2D eigenvalue weighted by Gasteiger charge is 2.16. The molecule has 1 aromatic rings. The van der Waals surface area contributed by atoms with Gasteiger partial charge in [0.15, 0.2) is 11.6 Å². The van der Waals surface area contributed by atoms with Gasteiger partial charge < -0.3 is 10.1 Å². The number of hydrogen-bond acceptors (Lipinski definition) is 2. The Morgan fingerprint density at radius 3 is 3.07 bits per heavy atom. The Balaban J connectivity index is 1.97. The second-order valence-corrected chi connectivity index (χ2v) is 4.06. The van der Waals surface area contributed by atoms with E-state index in [4.69, 9.17) is 16.3 Å². The van der Waals surface area contributed by atoms with Crippen LogP contribution in [-0.2, 0) is 0 Å². The van der Waals surface area contributed by atoms with Gasteiger partial charge in [-0.2, -0.15) is 0 Å². The van der Waals surface area contributed by atoms with E-state index in [9.17, 15) is 4.39 Å². The molecule has 1 saturated heterocycles. The van der Waals surface area contributed by atoms with E-state index in [2.05, 4.69) is 5.32 Å². The summed E-state index contributed by atoms with van der Waals surface area (Å²) in [5.74, 6) is -0.242. The molecule has 0 saturated carbocycles. The second-order valence-electron chi connectivity index (χ2n) is 3.66. The van der Waals surface area contributed by atoms with Gasteiger partial charge in [-0.3, -0.25) is 0 Å². The molecule has 0 unspecified atom stereocenters. The predicted molar refractivity (Wildman–Crippen MR) is 57.9 cm³/mol. The summed E-state index contributed by atoms with van der Waals surface area (Å²) >= 11 is 5.83. The smallest absolute Gasteiger partial charge is 0.173 e. The highest BCUT2D eigenvalue weighted by molar-refractivity contribution is 6.32. The van der Waals surface area contributed by atoms with Crippen molar-refractivity contribution < 1.29 is 9.13 Å². The van der Waals surface area contributed by atoms with Gasteiger partial charge in [0.25, 0.3) is 0 Å². The summed E-state index contributed by atoms with van der Waals surface area (Å²) in [6.45, 7) is 1.49. The Hall–Kier alpha value is -0.800. The van der Waals surface area contributed by atoms with Crippen LogP contribution >= 0.6 is 11.6 Å². The molecular formula is C11H13ClFNO. The summed E-state index contributed by atoms with van der Waals surface area (Å²) in [5, 5.41) is 3.60. The number of rotatable bonds is 3. The predicted octanol–water partition coefficient (Wildman–Crippen LogP) is 2.61. The number of nitrogens with one attached hydrogen (secondary N) is 1. The fraction of sp³-hybridized carbons (Fsp3) is 0.455. The monoisotopic (exact) mass is 229 g/mol. The average Bonchev–Trinajstić information content (AvgIpc) is 2.70. The SMILES string of the molecule is Fc1cccc(Cl)c1OC[C@H]1CCCN1. The Kier molecular flexibility index (Phi) is 3.44. The minimum absolute atomic E-state index is 0.160. The van der Waals surface area contributed by atoms with Crippen LogP contribution in [0.3, 0.4) is 0 Å². The normalized spacial score (nSPS) is 20.5. The van der Waals surface area contributed by atoms with Gasteiger partial charge in [0.2, 0.25) is 0 Å². The summed E-state index contributed by atoms with van der Waals surface area (Å²) in [5.41, 5.74) is 0. The lowest BCUT2D eigenvalue weighted by molar-refractivity contribution is 0.265. The van der Waals surface area contributed by atoms with Crippen molar-refractivity contribution >= 4 is 11.6 Å². The van der Waals surface area contributed by atoms with E-state index >= 15 is 0 Å². The van der Waals surface area contributed by atoms with Gasteiger partial charge in [0.05, 0.1) is 5.02 Å². The molecule has 1 aliphatic heterocycles. The molecule has 1 aromatic carbocycles. The first-order chi connectivity index (χ1) is 7.27. The van der Waals surface area contributed by atoms with Crippen LogP contribution in [0, 0.1) is 5.82 Å². The van der Waals surface area contributed by atoms with Crippen LogP contribution in [-0.4, -0.2) is 19.2 Å². The lowest BCUT2D eigenvalue weighted by Gasteiger charge is -2.13. The maximum atomic E-state index is 13.3. The molecule has 0 spiro atoms. The van der Waals surface area contributed by atoms with E-state index < -0.39 is 5.82 Å². The Bertz CT molecular complexity index is 319. The summed E-state index contributed by atoms with van der Waals surface area (Å²) in [6.07, 6.45) is 2.23. The van der Waals surface area contributed by atoms with E-state index in [0.717, 1.165) is 19.4 Å². The van der Waals surface area contributed by atoms with Crippen molar-refractivity contribution in [3.05, 3.63) is 29.0 Å². The molecule has 0 amide bonds. The zero-order chi connectivity index (χ0) is 10.7. The van der Waals surface area contributed by atoms with Crippen LogP contribution in [0.25, 0.3) is 0 Å². The van der Waals surface area contributed by atoms with Gasteiger partial charge in [-0.15, -0.1) is 0 Å². The minimum Gasteiger partial charge on any atom is -0.487 e. The fourth-order valence-electron chi connectivity index (χ4n) is 1.70. The molecule has 15 heavy (non-hydrogen) atoms. The maximum Gasteiger partial charge on any atom is 0.173 e. The van der Waals surface area contributed by atoms with Crippen LogP contribution in [0.5, 0.6) is 5.75 Å². The number of benzene rings is 1. The Morgan fingerprint density at radius 2 is 2.40 bits per heavy atom. The van der Waals surface area contributed by atoms with Crippen molar-refractivity contribution in [1.29, 1.82) is 0 Å². The van der Waals surface area contributed by atoms with Crippen LogP contribution in [0.1, 0.15) is 12.8 Å². The molecule has 2 nitrogen and oxygen atoms in total. The third-order valence-electron chi connectivity index (χ3n) is 2.51. The van der Waals surface area contributed by atoms with Crippen molar-refractivity contribution in [2.24, 2.45) is 0 Å². The van der Waals surface area contributed by atoms with Gasteiger partial charge >= 0.3 is 0 Å². The Labute approximate surface area is 93.4 Å².